The topological polar surface area (TPSA) is 127 Å². The fourth-order valence-electron chi connectivity index (χ4n) is 6.01. The summed E-state index contributed by atoms with van der Waals surface area (Å²) in [6.07, 6.45) is 2.44. The van der Waals surface area contributed by atoms with Crippen LogP contribution in [0.1, 0.15) is 76.2 Å². The molecule has 0 saturated carbocycles. The van der Waals surface area contributed by atoms with Crippen LogP contribution in [0.4, 0.5) is 4.79 Å². The fraction of sp³-hybridized carbons (Fsp3) is 0.621. The Balaban J connectivity index is 1.80. The van der Waals surface area contributed by atoms with Crippen molar-refractivity contribution in [2.75, 3.05) is 26.8 Å². The van der Waals surface area contributed by atoms with Gasteiger partial charge in [-0.3, -0.25) is 4.79 Å². The summed E-state index contributed by atoms with van der Waals surface area (Å²) in [5.74, 6) is 0.457. The van der Waals surface area contributed by atoms with E-state index in [4.69, 9.17) is 14.2 Å². The zero-order chi connectivity index (χ0) is 29.0. The van der Waals surface area contributed by atoms with Gasteiger partial charge in [0.25, 0.3) is 5.91 Å². The Morgan fingerprint density at radius 1 is 1.23 bits per heavy atom. The zero-order valence-electron chi connectivity index (χ0n) is 24.4. The molecule has 2 aromatic heterocycles. The van der Waals surface area contributed by atoms with Gasteiger partial charge in [-0.1, -0.05) is 51.9 Å². The number of aryl methyl sites for hydroxylation is 1. The van der Waals surface area contributed by atoms with E-state index in [9.17, 15) is 14.7 Å². The molecule has 40 heavy (non-hydrogen) atoms. The number of carboxylic acid groups (broad SMARTS) is 1. The predicted molar refractivity (Wildman–Crippen MR) is 150 cm³/mol. The normalized spacial score (nSPS) is 19.9. The Morgan fingerprint density at radius 2 is 1.98 bits per heavy atom. The van der Waals surface area contributed by atoms with Gasteiger partial charge in [0.1, 0.15) is 0 Å². The van der Waals surface area contributed by atoms with Crippen LogP contribution in [-0.2, 0) is 11.3 Å². The molecular formula is C29H42N6O5. The Bertz CT molecular complexity index is 1280. The average molecular weight is 555 g/mol. The maximum Gasteiger partial charge on any atom is 0.407 e. The molecule has 1 N–H and O–H groups in total. The van der Waals surface area contributed by atoms with E-state index in [2.05, 4.69) is 24.0 Å². The molecule has 1 fully saturated rings. The van der Waals surface area contributed by atoms with Gasteiger partial charge in [-0.15, -0.1) is 0 Å². The Hall–Kier alpha value is -3.47. The number of unbranched alkanes of at least 4 members (excludes halogenated alkanes) is 1. The van der Waals surface area contributed by atoms with Crippen molar-refractivity contribution in [3.63, 3.8) is 0 Å². The average Bonchev–Trinajstić information content (AvgIpc) is 3.57. The van der Waals surface area contributed by atoms with Crippen molar-refractivity contribution in [2.45, 2.75) is 78.4 Å². The van der Waals surface area contributed by atoms with Crippen molar-refractivity contribution in [3.8, 4) is 0 Å². The van der Waals surface area contributed by atoms with Gasteiger partial charge in [-0.25, -0.2) is 9.78 Å². The van der Waals surface area contributed by atoms with Crippen molar-refractivity contribution < 1.29 is 24.0 Å². The van der Waals surface area contributed by atoms with Crippen LogP contribution < -0.4 is 0 Å². The van der Waals surface area contributed by atoms with Gasteiger partial charge in [0.15, 0.2) is 11.6 Å². The highest BCUT2D eigenvalue weighted by molar-refractivity contribution is 5.95. The number of hydrogen-bond acceptors (Lipinski definition) is 7. The van der Waals surface area contributed by atoms with Crippen LogP contribution in [0.15, 0.2) is 35.2 Å². The number of amides is 2. The number of fused-ring (bicyclic) bond motifs is 1. The summed E-state index contributed by atoms with van der Waals surface area (Å²) in [6.45, 7) is 12.2. The maximum absolute atomic E-state index is 14.6. The molecule has 0 aliphatic carbocycles. The minimum Gasteiger partial charge on any atom is -0.465 e. The molecule has 2 amide bonds. The van der Waals surface area contributed by atoms with Crippen molar-refractivity contribution in [1.82, 2.24) is 29.5 Å². The molecule has 1 saturated heterocycles. The maximum atomic E-state index is 14.6. The molecule has 3 heterocycles. The second kappa shape index (κ2) is 12.4. The van der Waals surface area contributed by atoms with Gasteiger partial charge in [0.05, 0.1) is 23.1 Å². The van der Waals surface area contributed by atoms with Crippen LogP contribution in [-0.4, -0.2) is 85.5 Å². The number of carbonyl (C=O) groups is 2. The van der Waals surface area contributed by atoms with Gasteiger partial charge < -0.3 is 28.7 Å². The standard InChI is InChI=1S/C29H42N6O5/c1-19(2)16-34(27(36)26-31-21-11-7-8-12-22(21)33(26)13-9-10-14-39-6)23-15-20(25-30-18-40-32-25)17-35(28(37)38)24(23)29(3,4)5/h7-8,11-12,18-20,23-24H,9-10,13-17H2,1-6H3,(H,37,38)/t20-,23+,24?/m1/s1. The Labute approximate surface area is 235 Å². The molecule has 3 atom stereocenters. The molecule has 11 nitrogen and oxygen atoms in total. The summed E-state index contributed by atoms with van der Waals surface area (Å²) in [5, 5.41) is 14.4. The number of nitrogens with zero attached hydrogens (tertiary/aromatic N) is 6. The lowest BCUT2D eigenvalue weighted by molar-refractivity contribution is -0.0144. The summed E-state index contributed by atoms with van der Waals surface area (Å²) in [7, 11) is 1.68. The number of carbonyl (C=O) groups excluding carboxylic acids is 1. The van der Waals surface area contributed by atoms with Gasteiger partial charge in [0.2, 0.25) is 6.39 Å². The van der Waals surface area contributed by atoms with E-state index in [1.165, 1.54) is 11.3 Å². The summed E-state index contributed by atoms with van der Waals surface area (Å²) >= 11 is 0. The first-order valence-electron chi connectivity index (χ1n) is 14.0. The van der Waals surface area contributed by atoms with Crippen LogP contribution in [0.3, 0.4) is 0 Å². The van der Waals surface area contributed by atoms with Crippen LogP contribution >= 0.6 is 0 Å². The van der Waals surface area contributed by atoms with E-state index < -0.39 is 23.6 Å². The number of rotatable bonds is 10. The Morgan fingerprint density at radius 3 is 2.60 bits per heavy atom. The number of aromatic nitrogens is 4. The lowest BCUT2D eigenvalue weighted by atomic mass is 9.74. The van der Waals surface area contributed by atoms with Gasteiger partial charge >= 0.3 is 6.09 Å². The largest absolute Gasteiger partial charge is 0.465 e. The molecule has 218 valence electrons. The Kier molecular flexibility index (Phi) is 9.12. The molecule has 4 rings (SSSR count). The molecule has 11 heteroatoms. The number of imidazole rings is 1. The number of likely N-dealkylation sites (tertiary alicyclic amines) is 1. The van der Waals surface area contributed by atoms with E-state index in [-0.39, 0.29) is 24.3 Å². The molecule has 0 radical (unpaired) electrons. The molecule has 0 bridgehead atoms. The number of piperidine rings is 1. The third-order valence-corrected chi connectivity index (χ3v) is 7.57. The van der Waals surface area contributed by atoms with Crippen LogP contribution in [0.5, 0.6) is 0 Å². The van der Waals surface area contributed by atoms with Crippen LogP contribution in [0.25, 0.3) is 11.0 Å². The first-order valence-corrected chi connectivity index (χ1v) is 14.0. The summed E-state index contributed by atoms with van der Waals surface area (Å²) in [4.78, 5) is 39.6. The summed E-state index contributed by atoms with van der Waals surface area (Å²) in [6, 6.07) is 6.90. The summed E-state index contributed by atoms with van der Waals surface area (Å²) in [5.41, 5.74) is 1.22. The highest BCUT2D eigenvalue weighted by Crippen LogP contribution is 2.40. The monoisotopic (exact) mass is 554 g/mol. The van der Waals surface area contributed by atoms with E-state index >= 15 is 0 Å². The molecular weight excluding hydrogens is 512 g/mol. The smallest absolute Gasteiger partial charge is 0.407 e. The zero-order valence-corrected chi connectivity index (χ0v) is 24.4. The predicted octanol–water partition coefficient (Wildman–Crippen LogP) is 4.89. The third-order valence-electron chi connectivity index (χ3n) is 7.57. The number of ether oxygens (including phenoxy) is 1. The molecule has 1 aromatic carbocycles. The van der Waals surface area contributed by atoms with E-state index in [1.807, 2.05) is 54.5 Å². The lowest BCUT2D eigenvalue weighted by Crippen LogP contribution is -2.64. The first kappa shape index (κ1) is 29.5. The second-order valence-corrected chi connectivity index (χ2v) is 12.2. The van der Waals surface area contributed by atoms with Crippen LogP contribution in [0.2, 0.25) is 0 Å². The van der Waals surface area contributed by atoms with Gasteiger partial charge in [-0.05, 0) is 42.7 Å². The van der Waals surface area contributed by atoms with Crippen LogP contribution in [0, 0.1) is 11.3 Å². The molecule has 1 aliphatic rings. The number of para-hydroxylation sites is 2. The minimum absolute atomic E-state index is 0.146. The second-order valence-electron chi connectivity index (χ2n) is 12.2. The lowest BCUT2D eigenvalue weighted by Gasteiger charge is -2.52. The van der Waals surface area contributed by atoms with Crippen molar-refractivity contribution >= 4 is 23.0 Å². The fourth-order valence-corrected chi connectivity index (χ4v) is 6.01. The van der Waals surface area contributed by atoms with Gasteiger partial charge in [-0.2, -0.15) is 4.98 Å². The van der Waals surface area contributed by atoms with Crippen molar-refractivity contribution in [1.29, 1.82) is 0 Å². The number of hydrogen-bond donors (Lipinski definition) is 1. The molecule has 3 aromatic rings. The molecule has 1 unspecified atom stereocenters. The number of methoxy groups -OCH3 is 1. The molecule has 1 aliphatic heterocycles. The minimum atomic E-state index is -1.03. The van der Waals surface area contributed by atoms with Crippen molar-refractivity contribution in [2.24, 2.45) is 11.3 Å². The van der Waals surface area contributed by atoms with E-state index in [1.54, 1.807) is 7.11 Å². The first-order chi connectivity index (χ1) is 19.0. The highest BCUT2D eigenvalue weighted by atomic mass is 16.5. The van der Waals surface area contributed by atoms with E-state index in [0.29, 0.717) is 37.8 Å². The van der Waals surface area contributed by atoms with Crippen molar-refractivity contribution in [3.05, 3.63) is 42.3 Å². The number of benzene rings is 1. The quantitative estimate of drug-likeness (QED) is 0.351. The summed E-state index contributed by atoms with van der Waals surface area (Å²) < 4.78 is 12.2. The highest BCUT2D eigenvalue weighted by Gasteiger charge is 2.49. The third kappa shape index (κ3) is 6.29. The van der Waals surface area contributed by atoms with E-state index in [0.717, 1.165) is 23.9 Å². The molecule has 0 spiro atoms. The van der Waals surface area contributed by atoms with Gasteiger partial charge in [0, 0.05) is 39.3 Å². The SMILES string of the molecule is COCCCCn1c(C(=O)N(CC(C)C)[C@H]2C[C@@H](c3ncon3)CN(C(=O)O)C2C(C)(C)C)nc2ccccc21.